The maximum absolute atomic E-state index is 12.9. The monoisotopic (exact) mass is 644 g/mol. The molecule has 1 atom stereocenters. The number of carbonyl (C=O) groups is 2. The van der Waals surface area contributed by atoms with Crippen molar-refractivity contribution in [1.82, 2.24) is 5.32 Å². The molecule has 0 spiro atoms. The van der Waals surface area contributed by atoms with E-state index in [1.165, 1.54) is 0 Å². The number of benzene rings is 6. The Morgan fingerprint density at radius 3 is 1.53 bits per heavy atom. The van der Waals surface area contributed by atoms with Crippen LogP contribution in [0.25, 0.3) is 11.1 Å². The maximum atomic E-state index is 12.9. The van der Waals surface area contributed by atoms with Gasteiger partial charge in [-0.2, -0.15) is 0 Å². The fraction of sp³-hybridized carbons (Fsp3) is 0.116. The smallest absolute Gasteiger partial charge is 0.407 e. The second-order valence-electron chi connectivity index (χ2n) is 12.2. The van der Waals surface area contributed by atoms with Crippen LogP contribution in [-0.2, 0) is 21.5 Å². The van der Waals surface area contributed by atoms with Crippen molar-refractivity contribution < 1.29 is 19.4 Å². The Kier molecular flexibility index (Phi) is 8.94. The molecule has 242 valence electrons. The number of carboxylic acid groups (broad SMARTS) is 1. The Morgan fingerprint density at radius 1 is 0.612 bits per heavy atom. The minimum atomic E-state index is -1.16. The number of anilines is 1. The lowest BCUT2D eigenvalue weighted by molar-refractivity contribution is -0.139. The normalized spacial score (nSPS) is 12.7. The van der Waals surface area contributed by atoms with Crippen molar-refractivity contribution in [1.29, 1.82) is 0 Å². The van der Waals surface area contributed by atoms with E-state index in [0.29, 0.717) is 0 Å². The number of aliphatic carboxylic acids is 1. The molecule has 1 amide bonds. The molecule has 1 aliphatic rings. The summed E-state index contributed by atoms with van der Waals surface area (Å²) in [7, 11) is 0. The van der Waals surface area contributed by atoms with Crippen LogP contribution in [-0.4, -0.2) is 29.8 Å². The third-order valence-corrected chi connectivity index (χ3v) is 9.28. The van der Waals surface area contributed by atoms with Gasteiger partial charge in [-0.3, -0.25) is 0 Å². The zero-order valence-electron chi connectivity index (χ0n) is 26.8. The number of alkyl carbamates (subject to hydrolysis) is 1. The standard InChI is InChI=1S/C43H36N2O4/c46-41(47)40(44-42(48)49-29-39-37-22-12-10-20-35(37)36-21-11-13-23-38(36)39)28-30-24-26-34(27-25-30)45-43(31-14-4-1-5-15-31,32-16-6-2-7-17-32)33-18-8-3-9-19-33/h1-27,39-40,45H,28-29H2,(H,44,48)(H,46,47). The second kappa shape index (κ2) is 13.9. The van der Waals surface area contributed by atoms with E-state index in [2.05, 4.69) is 59.2 Å². The fourth-order valence-corrected chi connectivity index (χ4v) is 6.94. The summed E-state index contributed by atoms with van der Waals surface area (Å²) >= 11 is 0. The minimum absolute atomic E-state index is 0.0982. The van der Waals surface area contributed by atoms with Crippen molar-refractivity contribution in [2.45, 2.75) is 23.9 Å². The predicted octanol–water partition coefficient (Wildman–Crippen LogP) is 8.63. The van der Waals surface area contributed by atoms with Gasteiger partial charge in [-0.1, -0.05) is 152 Å². The fourth-order valence-electron chi connectivity index (χ4n) is 6.94. The van der Waals surface area contributed by atoms with Gasteiger partial charge in [0.15, 0.2) is 0 Å². The van der Waals surface area contributed by atoms with Crippen LogP contribution in [0, 0.1) is 0 Å². The Balaban J connectivity index is 1.07. The number of rotatable bonds is 11. The van der Waals surface area contributed by atoms with Gasteiger partial charge in [-0.15, -0.1) is 0 Å². The van der Waals surface area contributed by atoms with Crippen molar-refractivity contribution in [2.24, 2.45) is 0 Å². The van der Waals surface area contributed by atoms with E-state index in [-0.39, 0.29) is 18.9 Å². The molecule has 6 aromatic carbocycles. The number of hydrogen-bond acceptors (Lipinski definition) is 4. The van der Waals surface area contributed by atoms with Gasteiger partial charge in [0, 0.05) is 18.0 Å². The van der Waals surface area contributed by atoms with Gasteiger partial charge < -0.3 is 20.5 Å². The van der Waals surface area contributed by atoms with Crippen molar-refractivity contribution in [3.8, 4) is 11.1 Å². The molecule has 3 N–H and O–H groups in total. The molecule has 6 aromatic rings. The number of fused-ring (bicyclic) bond motifs is 3. The first-order valence-electron chi connectivity index (χ1n) is 16.4. The molecule has 0 aromatic heterocycles. The highest BCUT2D eigenvalue weighted by atomic mass is 16.5. The molecule has 1 aliphatic carbocycles. The zero-order chi connectivity index (χ0) is 33.6. The third-order valence-electron chi connectivity index (χ3n) is 9.28. The van der Waals surface area contributed by atoms with Gasteiger partial charge in [0.25, 0.3) is 0 Å². The summed E-state index contributed by atoms with van der Waals surface area (Å²) in [6.45, 7) is 0.110. The van der Waals surface area contributed by atoms with Gasteiger partial charge in [0.1, 0.15) is 18.2 Å². The Labute approximate surface area is 286 Å². The molecule has 0 bridgehead atoms. The summed E-state index contributed by atoms with van der Waals surface area (Å²) in [5.74, 6) is -1.25. The molecule has 0 saturated heterocycles. The van der Waals surface area contributed by atoms with Gasteiger partial charge in [0.2, 0.25) is 0 Å². The minimum Gasteiger partial charge on any atom is -0.480 e. The highest BCUT2D eigenvalue weighted by Gasteiger charge is 2.36. The summed E-state index contributed by atoms with van der Waals surface area (Å²) in [6, 6.07) is 53.7. The average Bonchev–Trinajstić information content (AvgIpc) is 3.48. The summed E-state index contributed by atoms with van der Waals surface area (Å²) < 4.78 is 5.63. The van der Waals surface area contributed by atoms with Crippen molar-refractivity contribution in [3.05, 3.63) is 197 Å². The molecule has 49 heavy (non-hydrogen) atoms. The SMILES string of the molecule is O=C(NC(Cc1ccc(NC(c2ccccc2)(c2ccccc2)c2ccccc2)cc1)C(=O)O)OCC1c2ccccc2-c2ccccc21. The van der Waals surface area contributed by atoms with Crippen LogP contribution in [0.3, 0.4) is 0 Å². The first kappa shape index (κ1) is 31.5. The first-order valence-corrected chi connectivity index (χ1v) is 16.4. The lowest BCUT2D eigenvalue weighted by Crippen LogP contribution is -2.43. The predicted molar refractivity (Wildman–Crippen MR) is 193 cm³/mol. The van der Waals surface area contributed by atoms with Crippen LogP contribution in [0.4, 0.5) is 10.5 Å². The van der Waals surface area contributed by atoms with Crippen LogP contribution in [0.1, 0.15) is 39.3 Å². The zero-order valence-corrected chi connectivity index (χ0v) is 26.8. The molecule has 0 radical (unpaired) electrons. The van der Waals surface area contributed by atoms with Crippen molar-refractivity contribution in [3.63, 3.8) is 0 Å². The topological polar surface area (TPSA) is 87.7 Å². The van der Waals surface area contributed by atoms with E-state index in [4.69, 9.17) is 4.74 Å². The molecule has 6 heteroatoms. The van der Waals surface area contributed by atoms with Gasteiger partial charge in [-0.25, -0.2) is 9.59 Å². The molecule has 6 nitrogen and oxygen atoms in total. The summed E-state index contributed by atoms with van der Waals surface area (Å²) in [5, 5.41) is 16.4. The quantitative estimate of drug-likeness (QED) is 0.123. The molecule has 7 rings (SSSR count). The highest BCUT2D eigenvalue weighted by molar-refractivity contribution is 5.81. The molecule has 0 aliphatic heterocycles. The third kappa shape index (κ3) is 6.41. The summed E-state index contributed by atoms with van der Waals surface area (Å²) in [4.78, 5) is 25.2. The van der Waals surface area contributed by atoms with E-state index >= 15 is 0 Å². The van der Waals surface area contributed by atoms with Crippen LogP contribution >= 0.6 is 0 Å². The molecule has 0 fully saturated rings. The molecular formula is C43H36N2O4. The maximum Gasteiger partial charge on any atom is 0.407 e. The Bertz CT molecular complexity index is 1910. The number of amides is 1. The Hall–Kier alpha value is -6.14. The highest BCUT2D eigenvalue weighted by Crippen LogP contribution is 2.44. The van der Waals surface area contributed by atoms with E-state index < -0.39 is 23.6 Å². The number of ether oxygens (including phenoxy) is 1. The van der Waals surface area contributed by atoms with Crippen molar-refractivity contribution >= 4 is 17.7 Å². The molecular weight excluding hydrogens is 608 g/mol. The van der Waals surface area contributed by atoms with Crippen LogP contribution < -0.4 is 10.6 Å². The van der Waals surface area contributed by atoms with Crippen LogP contribution in [0.5, 0.6) is 0 Å². The Morgan fingerprint density at radius 2 is 1.06 bits per heavy atom. The number of carbonyl (C=O) groups excluding carboxylic acids is 1. The summed E-state index contributed by atoms with van der Waals surface area (Å²) in [6.07, 6.45) is -0.660. The number of carboxylic acids is 1. The van der Waals surface area contributed by atoms with Gasteiger partial charge in [-0.05, 0) is 56.6 Å². The van der Waals surface area contributed by atoms with E-state index in [0.717, 1.165) is 50.2 Å². The molecule has 0 heterocycles. The number of nitrogens with one attached hydrogen (secondary N) is 2. The lowest BCUT2D eigenvalue weighted by Gasteiger charge is -2.38. The number of hydrogen-bond donors (Lipinski definition) is 3. The molecule has 0 saturated carbocycles. The van der Waals surface area contributed by atoms with Gasteiger partial charge in [0.05, 0.1) is 0 Å². The van der Waals surface area contributed by atoms with E-state index in [9.17, 15) is 14.7 Å². The van der Waals surface area contributed by atoms with E-state index in [1.807, 2.05) is 115 Å². The van der Waals surface area contributed by atoms with Crippen LogP contribution in [0.15, 0.2) is 164 Å². The van der Waals surface area contributed by atoms with Crippen LogP contribution in [0.2, 0.25) is 0 Å². The molecule has 1 unspecified atom stereocenters. The first-order chi connectivity index (χ1) is 24.0. The van der Waals surface area contributed by atoms with Crippen molar-refractivity contribution in [2.75, 3.05) is 11.9 Å². The van der Waals surface area contributed by atoms with Gasteiger partial charge >= 0.3 is 12.1 Å². The summed E-state index contributed by atoms with van der Waals surface area (Å²) in [5.41, 5.74) is 8.61. The largest absolute Gasteiger partial charge is 0.480 e. The average molecular weight is 645 g/mol. The van der Waals surface area contributed by atoms with E-state index in [1.54, 1.807) is 0 Å². The lowest BCUT2D eigenvalue weighted by atomic mass is 9.77. The second-order valence-corrected chi connectivity index (χ2v) is 12.2.